The van der Waals surface area contributed by atoms with Crippen LogP contribution in [0.3, 0.4) is 0 Å². The lowest BCUT2D eigenvalue weighted by Gasteiger charge is -2.26. The molecule has 0 aliphatic carbocycles. The van der Waals surface area contributed by atoms with Crippen molar-refractivity contribution in [3.8, 4) is 5.75 Å². The summed E-state index contributed by atoms with van der Waals surface area (Å²) in [5.41, 5.74) is 0.307. The highest BCUT2D eigenvalue weighted by Crippen LogP contribution is 2.30. The van der Waals surface area contributed by atoms with Crippen LogP contribution in [0.4, 0.5) is 0 Å². The van der Waals surface area contributed by atoms with Crippen LogP contribution < -0.4 is 4.74 Å². The highest BCUT2D eigenvalue weighted by atomic mass is 16.5. The smallest absolute Gasteiger partial charge is 0.168 e. The number of hydrogen-bond donors (Lipinski definition) is 0. The number of ketones is 1. The second-order valence-corrected chi connectivity index (χ2v) is 8.26. The maximum Gasteiger partial charge on any atom is 0.168 e. The zero-order valence-corrected chi connectivity index (χ0v) is 16.6. The Kier molecular flexibility index (Phi) is 5.92. The molecule has 2 aromatic rings. The normalized spacial score (nSPS) is 12.4. The Morgan fingerprint density at radius 2 is 1.60 bits per heavy atom. The molecular formula is C23H32O2. The zero-order valence-electron chi connectivity index (χ0n) is 16.6. The number of carbonyl (C=O) groups excluding carboxylic acids is 1. The van der Waals surface area contributed by atoms with E-state index in [4.69, 9.17) is 4.74 Å². The molecule has 0 amide bonds. The second kappa shape index (κ2) is 7.59. The fraction of sp³-hybridized carbons (Fsp3) is 0.522. The molecule has 2 rings (SSSR count). The van der Waals surface area contributed by atoms with Crippen LogP contribution in [0.5, 0.6) is 5.75 Å². The lowest BCUT2D eigenvalue weighted by Crippen LogP contribution is -2.27. The Bertz CT molecular complexity index is 741. The van der Waals surface area contributed by atoms with Gasteiger partial charge < -0.3 is 4.74 Å². The van der Waals surface area contributed by atoms with E-state index in [2.05, 4.69) is 39.8 Å². The van der Waals surface area contributed by atoms with Crippen LogP contribution in [-0.4, -0.2) is 11.4 Å². The minimum absolute atomic E-state index is 0.162. The molecule has 0 saturated heterocycles. The summed E-state index contributed by atoms with van der Waals surface area (Å²) < 4.78 is 6.19. The van der Waals surface area contributed by atoms with Crippen molar-refractivity contribution in [2.45, 2.75) is 72.8 Å². The summed E-state index contributed by atoms with van der Waals surface area (Å²) in [6, 6.07) is 12.1. The standard InChI is InChI=1S/C23H32O2/c1-7-9-14-23(5,6)25-20-13-12-17-15-19(11-10-18(17)16-20)21(24)22(3,4)8-2/h10-13,15-16H,7-9,14H2,1-6H3. The third kappa shape index (κ3) is 4.84. The average Bonchev–Trinajstić information content (AvgIpc) is 2.58. The van der Waals surface area contributed by atoms with Crippen molar-refractivity contribution in [3.63, 3.8) is 0 Å². The first-order valence-electron chi connectivity index (χ1n) is 9.46. The fourth-order valence-electron chi connectivity index (χ4n) is 2.95. The van der Waals surface area contributed by atoms with Gasteiger partial charge in [-0.05, 0) is 62.1 Å². The van der Waals surface area contributed by atoms with E-state index in [1.54, 1.807) is 0 Å². The van der Waals surface area contributed by atoms with E-state index < -0.39 is 0 Å². The summed E-state index contributed by atoms with van der Waals surface area (Å²) in [6.45, 7) is 12.6. The van der Waals surface area contributed by atoms with Crippen molar-refractivity contribution < 1.29 is 9.53 Å². The number of benzene rings is 2. The Balaban J connectivity index is 2.25. The number of fused-ring (bicyclic) bond motifs is 1. The van der Waals surface area contributed by atoms with Crippen molar-refractivity contribution in [3.05, 3.63) is 42.0 Å². The van der Waals surface area contributed by atoms with Gasteiger partial charge in [-0.25, -0.2) is 0 Å². The number of carbonyl (C=O) groups is 1. The van der Waals surface area contributed by atoms with Crippen LogP contribution in [0.15, 0.2) is 36.4 Å². The van der Waals surface area contributed by atoms with Gasteiger partial charge in [0.25, 0.3) is 0 Å². The Hall–Kier alpha value is -1.83. The van der Waals surface area contributed by atoms with Gasteiger partial charge in [0.15, 0.2) is 5.78 Å². The third-order valence-corrected chi connectivity index (χ3v) is 5.10. The maximum absolute atomic E-state index is 12.7. The molecule has 0 fully saturated rings. The molecule has 0 atom stereocenters. The number of unbranched alkanes of at least 4 members (excludes halogenated alkanes) is 1. The molecule has 0 aromatic heterocycles. The van der Waals surface area contributed by atoms with Crippen LogP contribution in [0.25, 0.3) is 10.8 Å². The van der Waals surface area contributed by atoms with Crippen molar-refractivity contribution in [2.75, 3.05) is 0 Å². The van der Waals surface area contributed by atoms with Crippen LogP contribution in [0, 0.1) is 5.41 Å². The van der Waals surface area contributed by atoms with Gasteiger partial charge in [-0.2, -0.15) is 0 Å². The number of Topliss-reactive ketones (excluding diaryl/α,β-unsaturated/α-hetero) is 1. The molecule has 0 N–H and O–H groups in total. The fourth-order valence-corrected chi connectivity index (χ4v) is 2.95. The van der Waals surface area contributed by atoms with Gasteiger partial charge in [0.1, 0.15) is 11.4 Å². The quantitative estimate of drug-likeness (QED) is 0.494. The molecule has 0 saturated carbocycles. The summed E-state index contributed by atoms with van der Waals surface area (Å²) in [4.78, 5) is 12.7. The zero-order chi connectivity index (χ0) is 18.7. The SMILES string of the molecule is CCCCC(C)(C)Oc1ccc2cc(C(=O)C(C)(C)CC)ccc2c1. The Morgan fingerprint density at radius 3 is 2.24 bits per heavy atom. The van der Waals surface area contributed by atoms with E-state index in [0.717, 1.165) is 34.9 Å². The molecule has 2 aromatic carbocycles. The Labute approximate surface area is 152 Å². The predicted octanol–water partition coefficient (Wildman–Crippen LogP) is 6.81. The first kappa shape index (κ1) is 19.5. The highest BCUT2D eigenvalue weighted by Gasteiger charge is 2.26. The topological polar surface area (TPSA) is 26.3 Å². The maximum atomic E-state index is 12.7. The first-order valence-corrected chi connectivity index (χ1v) is 9.46. The molecule has 0 bridgehead atoms. The molecule has 0 heterocycles. The van der Waals surface area contributed by atoms with E-state index in [-0.39, 0.29) is 16.8 Å². The molecule has 2 heteroatoms. The summed E-state index contributed by atoms with van der Waals surface area (Å²) in [6.07, 6.45) is 4.22. The first-order chi connectivity index (χ1) is 11.7. The van der Waals surface area contributed by atoms with Crippen LogP contribution in [0.1, 0.15) is 77.6 Å². The van der Waals surface area contributed by atoms with E-state index in [1.165, 1.54) is 12.8 Å². The number of hydrogen-bond acceptors (Lipinski definition) is 2. The predicted molar refractivity (Wildman–Crippen MR) is 107 cm³/mol. The summed E-state index contributed by atoms with van der Waals surface area (Å²) in [7, 11) is 0. The third-order valence-electron chi connectivity index (χ3n) is 5.10. The molecule has 0 aliphatic heterocycles. The van der Waals surface area contributed by atoms with E-state index in [1.807, 2.05) is 38.1 Å². The molecule has 0 unspecified atom stereocenters. The van der Waals surface area contributed by atoms with Gasteiger partial charge >= 0.3 is 0 Å². The van der Waals surface area contributed by atoms with Crippen LogP contribution in [0.2, 0.25) is 0 Å². The summed E-state index contributed by atoms with van der Waals surface area (Å²) >= 11 is 0. The number of ether oxygens (including phenoxy) is 1. The van der Waals surface area contributed by atoms with Crippen molar-refractivity contribution in [1.82, 2.24) is 0 Å². The second-order valence-electron chi connectivity index (χ2n) is 8.26. The molecule has 25 heavy (non-hydrogen) atoms. The monoisotopic (exact) mass is 340 g/mol. The number of rotatable bonds is 8. The van der Waals surface area contributed by atoms with E-state index in [9.17, 15) is 4.79 Å². The molecule has 2 nitrogen and oxygen atoms in total. The van der Waals surface area contributed by atoms with Crippen LogP contribution >= 0.6 is 0 Å². The van der Waals surface area contributed by atoms with Crippen molar-refractivity contribution in [2.24, 2.45) is 5.41 Å². The Morgan fingerprint density at radius 1 is 0.960 bits per heavy atom. The van der Waals surface area contributed by atoms with Crippen LogP contribution in [-0.2, 0) is 0 Å². The minimum Gasteiger partial charge on any atom is -0.488 e. The minimum atomic E-state index is -0.319. The van der Waals surface area contributed by atoms with Gasteiger partial charge in [0.2, 0.25) is 0 Å². The molecule has 0 spiro atoms. The average molecular weight is 341 g/mol. The van der Waals surface area contributed by atoms with Gasteiger partial charge in [-0.1, -0.05) is 52.3 Å². The highest BCUT2D eigenvalue weighted by molar-refractivity contribution is 6.03. The lowest BCUT2D eigenvalue weighted by molar-refractivity contribution is 0.0833. The van der Waals surface area contributed by atoms with Gasteiger partial charge in [-0.15, -0.1) is 0 Å². The molecule has 0 radical (unpaired) electrons. The molecule has 0 aliphatic rings. The lowest BCUT2D eigenvalue weighted by atomic mass is 9.81. The van der Waals surface area contributed by atoms with Gasteiger partial charge in [0, 0.05) is 11.0 Å². The molecule has 136 valence electrons. The van der Waals surface area contributed by atoms with Gasteiger partial charge in [0.05, 0.1) is 0 Å². The molecular weight excluding hydrogens is 308 g/mol. The van der Waals surface area contributed by atoms with E-state index >= 15 is 0 Å². The van der Waals surface area contributed by atoms with E-state index in [0.29, 0.717) is 0 Å². The summed E-state index contributed by atoms with van der Waals surface area (Å²) in [5.74, 6) is 1.10. The largest absolute Gasteiger partial charge is 0.488 e. The van der Waals surface area contributed by atoms with Gasteiger partial charge in [-0.3, -0.25) is 4.79 Å². The summed E-state index contributed by atoms with van der Waals surface area (Å²) in [5, 5.41) is 2.19. The van der Waals surface area contributed by atoms with Crippen molar-refractivity contribution >= 4 is 16.6 Å². The van der Waals surface area contributed by atoms with Crippen molar-refractivity contribution in [1.29, 1.82) is 0 Å².